The van der Waals surface area contributed by atoms with E-state index in [4.69, 9.17) is 4.42 Å². The largest absolute Gasteiger partial charge is 0.424 e. The van der Waals surface area contributed by atoms with Crippen LogP contribution in [-0.4, -0.2) is 34.1 Å². The monoisotopic (exact) mass is 329 g/mol. The molecule has 1 fully saturated rings. The van der Waals surface area contributed by atoms with Gasteiger partial charge in [-0.15, -0.1) is 0 Å². The number of H-pyrrole nitrogens is 1. The first kappa shape index (κ1) is 14.7. The van der Waals surface area contributed by atoms with Crippen molar-refractivity contribution < 1.29 is 8.81 Å². The van der Waals surface area contributed by atoms with Crippen LogP contribution in [0.15, 0.2) is 39.8 Å². The van der Waals surface area contributed by atoms with Crippen molar-refractivity contribution in [3.05, 3.63) is 46.8 Å². The summed E-state index contributed by atoms with van der Waals surface area (Å²) in [4.78, 5) is 24.9. The molecule has 1 saturated heterocycles. The van der Waals surface area contributed by atoms with Crippen LogP contribution in [0.3, 0.4) is 0 Å². The van der Waals surface area contributed by atoms with Gasteiger partial charge in [-0.05, 0) is 25.0 Å². The Morgan fingerprint density at radius 1 is 1.42 bits per heavy atom. The molecule has 124 valence electrons. The van der Waals surface area contributed by atoms with Gasteiger partial charge >= 0.3 is 0 Å². The highest BCUT2D eigenvalue weighted by Crippen LogP contribution is 2.22. The fourth-order valence-electron chi connectivity index (χ4n) is 2.99. The van der Waals surface area contributed by atoms with E-state index >= 15 is 0 Å². The van der Waals surface area contributed by atoms with E-state index in [1.54, 1.807) is 12.3 Å². The van der Waals surface area contributed by atoms with Gasteiger partial charge in [0.15, 0.2) is 11.4 Å². The third-order valence-electron chi connectivity index (χ3n) is 4.09. The molecule has 2 N–H and O–H groups in total. The van der Waals surface area contributed by atoms with E-state index in [1.165, 1.54) is 18.3 Å². The molecule has 1 aromatic carbocycles. The summed E-state index contributed by atoms with van der Waals surface area (Å²) in [6, 6.07) is 4.66. The maximum atomic E-state index is 13.2. The Labute approximate surface area is 136 Å². The molecular formula is C16H16FN5O2. The molecule has 1 aliphatic rings. The second-order valence-corrected chi connectivity index (χ2v) is 5.80. The molecule has 0 aliphatic carbocycles. The summed E-state index contributed by atoms with van der Waals surface area (Å²) in [5.41, 5.74) is 0.814. The molecule has 4 rings (SSSR count). The number of hydrogen-bond acceptors (Lipinski definition) is 6. The summed E-state index contributed by atoms with van der Waals surface area (Å²) < 4.78 is 18.8. The number of benzene rings is 1. The normalized spacial score (nSPS) is 18.0. The van der Waals surface area contributed by atoms with Crippen LogP contribution in [-0.2, 0) is 0 Å². The number of nitrogens with zero attached hydrogens (tertiary/aromatic N) is 3. The third-order valence-corrected chi connectivity index (χ3v) is 4.09. The average molecular weight is 329 g/mol. The first-order valence-corrected chi connectivity index (χ1v) is 7.80. The fraction of sp³-hybridized carbons (Fsp3) is 0.312. The van der Waals surface area contributed by atoms with Crippen molar-refractivity contribution in [3.63, 3.8) is 0 Å². The standard InChI is InChI=1S/C16H16FN5O2/c17-10-3-4-13-12(8-10)21-16(24-13)20-11-2-1-7-22(9-11)14-15(23)19-6-5-18-14/h3-6,8,11H,1-2,7,9H2,(H,19,23)(H,20,21)/t11-/m1/s1. The molecule has 0 unspecified atom stereocenters. The molecule has 0 radical (unpaired) electrons. The maximum Gasteiger partial charge on any atom is 0.295 e. The molecule has 8 heteroatoms. The molecule has 0 saturated carbocycles. The second kappa shape index (κ2) is 5.95. The van der Waals surface area contributed by atoms with E-state index in [-0.39, 0.29) is 17.4 Å². The zero-order chi connectivity index (χ0) is 16.5. The lowest BCUT2D eigenvalue weighted by atomic mass is 10.1. The van der Waals surface area contributed by atoms with Crippen molar-refractivity contribution in [2.75, 3.05) is 23.3 Å². The number of fused-ring (bicyclic) bond motifs is 1. The van der Waals surface area contributed by atoms with E-state index in [0.717, 1.165) is 19.4 Å². The molecule has 1 atom stereocenters. The number of piperidine rings is 1. The van der Waals surface area contributed by atoms with Crippen molar-refractivity contribution in [2.45, 2.75) is 18.9 Å². The van der Waals surface area contributed by atoms with Gasteiger partial charge in [0.2, 0.25) is 0 Å². The van der Waals surface area contributed by atoms with Gasteiger partial charge in [0.05, 0.1) is 0 Å². The lowest BCUT2D eigenvalue weighted by Crippen LogP contribution is -2.44. The Kier molecular flexibility index (Phi) is 3.64. The Balaban J connectivity index is 1.51. The summed E-state index contributed by atoms with van der Waals surface area (Å²) in [6.07, 6.45) is 4.93. The Morgan fingerprint density at radius 2 is 2.33 bits per heavy atom. The molecule has 0 spiro atoms. The molecule has 0 bridgehead atoms. The number of oxazole rings is 1. The van der Waals surface area contributed by atoms with E-state index in [1.807, 2.05) is 4.90 Å². The molecule has 3 heterocycles. The highest BCUT2D eigenvalue weighted by atomic mass is 19.1. The van der Waals surface area contributed by atoms with Gasteiger partial charge in [-0.3, -0.25) is 4.79 Å². The first-order chi connectivity index (χ1) is 11.7. The summed E-state index contributed by atoms with van der Waals surface area (Å²) in [7, 11) is 0. The lowest BCUT2D eigenvalue weighted by molar-refractivity contribution is 0.505. The first-order valence-electron chi connectivity index (χ1n) is 7.80. The van der Waals surface area contributed by atoms with Crippen molar-refractivity contribution in [3.8, 4) is 0 Å². The number of rotatable bonds is 3. The van der Waals surface area contributed by atoms with Crippen LogP contribution < -0.4 is 15.8 Å². The maximum absolute atomic E-state index is 13.2. The number of hydrogen-bond donors (Lipinski definition) is 2. The molecular weight excluding hydrogens is 313 g/mol. The van der Waals surface area contributed by atoms with Crippen LogP contribution in [0.25, 0.3) is 11.1 Å². The van der Waals surface area contributed by atoms with Crippen LogP contribution in [0.1, 0.15) is 12.8 Å². The highest BCUT2D eigenvalue weighted by Gasteiger charge is 2.23. The molecule has 2 aromatic heterocycles. The topological polar surface area (TPSA) is 87.0 Å². The minimum atomic E-state index is -0.347. The minimum Gasteiger partial charge on any atom is -0.424 e. The van der Waals surface area contributed by atoms with E-state index in [9.17, 15) is 9.18 Å². The van der Waals surface area contributed by atoms with Crippen molar-refractivity contribution in [1.29, 1.82) is 0 Å². The van der Waals surface area contributed by atoms with E-state index in [2.05, 4.69) is 20.3 Å². The summed E-state index contributed by atoms with van der Waals surface area (Å²) in [5.74, 6) is 0.0733. The number of aromatic nitrogens is 3. The minimum absolute atomic E-state index is 0.0677. The second-order valence-electron chi connectivity index (χ2n) is 5.80. The zero-order valence-electron chi connectivity index (χ0n) is 12.8. The Hall–Kier alpha value is -2.90. The van der Waals surface area contributed by atoms with Crippen LogP contribution in [0.5, 0.6) is 0 Å². The number of halogens is 1. The van der Waals surface area contributed by atoms with Gasteiger partial charge < -0.3 is 19.6 Å². The SMILES string of the molecule is O=c1[nH]ccnc1N1CCC[C@@H](Nc2nc3cc(F)ccc3o2)C1. The fourth-order valence-corrected chi connectivity index (χ4v) is 2.99. The van der Waals surface area contributed by atoms with Crippen LogP contribution in [0.2, 0.25) is 0 Å². The average Bonchev–Trinajstić information content (AvgIpc) is 2.97. The lowest BCUT2D eigenvalue weighted by Gasteiger charge is -2.32. The number of nitrogens with one attached hydrogen (secondary N) is 2. The Morgan fingerprint density at radius 3 is 3.21 bits per heavy atom. The van der Waals surface area contributed by atoms with Gasteiger partial charge in [0, 0.05) is 37.6 Å². The van der Waals surface area contributed by atoms with Crippen LogP contribution >= 0.6 is 0 Å². The number of aromatic amines is 1. The molecule has 3 aromatic rings. The predicted molar refractivity (Wildman–Crippen MR) is 87.7 cm³/mol. The predicted octanol–water partition coefficient (Wildman–Crippen LogP) is 2.13. The van der Waals surface area contributed by atoms with Gasteiger partial charge in [-0.25, -0.2) is 9.37 Å². The van der Waals surface area contributed by atoms with Gasteiger partial charge in [-0.2, -0.15) is 4.98 Å². The molecule has 0 amide bonds. The van der Waals surface area contributed by atoms with Crippen molar-refractivity contribution in [1.82, 2.24) is 15.0 Å². The van der Waals surface area contributed by atoms with E-state index < -0.39 is 0 Å². The number of anilines is 2. The van der Waals surface area contributed by atoms with E-state index in [0.29, 0.717) is 29.5 Å². The molecule has 24 heavy (non-hydrogen) atoms. The van der Waals surface area contributed by atoms with Crippen molar-refractivity contribution >= 4 is 22.9 Å². The molecule has 1 aliphatic heterocycles. The highest BCUT2D eigenvalue weighted by molar-refractivity contribution is 5.74. The van der Waals surface area contributed by atoms with Gasteiger partial charge in [0.1, 0.15) is 11.3 Å². The summed E-state index contributed by atoms with van der Waals surface area (Å²) in [6.45, 7) is 1.39. The zero-order valence-corrected chi connectivity index (χ0v) is 12.8. The molecule has 7 nitrogen and oxygen atoms in total. The smallest absolute Gasteiger partial charge is 0.295 e. The third kappa shape index (κ3) is 2.82. The Bertz CT molecular complexity index is 922. The quantitative estimate of drug-likeness (QED) is 0.765. The summed E-state index contributed by atoms with van der Waals surface area (Å²) in [5, 5.41) is 3.23. The van der Waals surface area contributed by atoms with Gasteiger partial charge in [0.25, 0.3) is 11.6 Å². The van der Waals surface area contributed by atoms with Crippen LogP contribution in [0, 0.1) is 5.82 Å². The summed E-state index contributed by atoms with van der Waals surface area (Å²) >= 11 is 0. The van der Waals surface area contributed by atoms with Crippen LogP contribution in [0.4, 0.5) is 16.2 Å². The van der Waals surface area contributed by atoms with Crippen molar-refractivity contribution in [2.24, 2.45) is 0 Å². The van der Waals surface area contributed by atoms with Gasteiger partial charge in [-0.1, -0.05) is 0 Å².